The SMILES string of the molecule is Cc1ccsc1C(C)NC(C)CN1CCCC1=O. The number of aryl methyl sites for hydroxylation is 1. The van der Waals surface area contributed by atoms with Gasteiger partial charge in [-0.1, -0.05) is 0 Å². The van der Waals surface area contributed by atoms with E-state index in [1.807, 2.05) is 4.90 Å². The third-order valence-corrected chi connectivity index (χ3v) is 4.70. The van der Waals surface area contributed by atoms with E-state index in [0.29, 0.717) is 18.0 Å². The van der Waals surface area contributed by atoms with Gasteiger partial charge < -0.3 is 10.2 Å². The van der Waals surface area contributed by atoms with Crippen LogP contribution in [0.25, 0.3) is 0 Å². The van der Waals surface area contributed by atoms with Crippen molar-refractivity contribution in [2.24, 2.45) is 0 Å². The van der Waals surface area contributed by atoms with Gasteiger partial charge in [-0.05, 0) is 44.2 Å². The molecule has 1 saturated heterocycles. The molecule has 1 N–H and O–H groups in total. The first-order valence-electron chi connectivity index (χ1n) is 6.65. The average molecular weight is 266 g/mol. The Bertz CT molecular complexity index is 416. The molecule has 1 aliphatic rings. The normalized spacial score (nSPS) is 19.3. The van der Waals surface area contributed by atoms with Gasteiger partial charge in [0.25, 0.3) is 0 Å². The van der Waals surface area contributed by atoms with E-state index in [4.69, 9.17) is 0 Å². The minimum absolute atomic E-state index is 0.309. The molecule has 0 radical (unpaired) electrons. The molecule has 0 aromatic carbocycles. The predicted octanol–water partition coefficient (Wildman–Crippen LogP) is 2.72. The third kappa shape index (κ3) is 3.12. The quantitative estimate of drug-likeness (QED) is 0.888. The lowest BCUT2D eigenvalue weighted by molar-refractivity contribution is -0.127. The fourth-order valence-electron chi connectivity index (χ4n) is 2.61. The van der Waals surface area contributed by atoms with E-state index >= 15 is 0 Å². The number of carbonyl (C=O) groups excluding carboxylic acids is 1. The Morgan fingerprint density at radius 3 is 2.83 bits per heavy atom. The Hall–Kier alpha value is -0.870. The summed E-state index contributed by atoms with van der Waals surface area (Å²) in [5.74, 6) is 0.309. The zero-order valence-corrected chi connectivity index (χ0v) is 12.2. The maximum absolute atomic E-state index is 11.6. The molecule has 1 amide bonds. The molecule has 1 aromatic rings. The van der Waals surface area contributed by atoms with Gasteiger partial charge >= 0.3 is 0 Å². The average Bonchev–Trinajstić information content (AvgIpc) is 2.88. The lowest BCUT2D eigenvalue weighted by Crippen LogP contribution is -2.40. The fraction of sp³-hybridized carbons (Fsp3) is 0.643. The van der Waals surface area contributed by atoms with Gasteiger partial charge in [-0.15, -0.1) is 11.3 Å². The summed E-state index contributed by atoms with van der Waals surface area (Å²) in [5, 5.41) is 5.72. The number of hydrogen-bond acceptors (Lipinski definition) is 3. The molecular formula is C14H22N2OS. The Kier molecular flexibility index (Phi) is 4.40. The lowest BCUT2D eigenvalue weighted by Gasteiger charge is -2.24. The highest BCUT2D eigenvalue weighted by Gasteiger charge is 2.22. The minimum atomic E-state index is 0.309. The maximum atomic E-state index is 11.6. The van der Waals surface area contributed by atoms with E-state index in [1.165, 1.54) is 10.4 Å². The standard InChI is InChI=1S/C14H22N2OS/c1-10-6-8-18-14(10)12(3)15-11(2)9-16-7-4-5-13(16)17/h6,8,11-12,15H,4-5,7,9H2,1-3H3. The molecule has 0 spiro atoms. The molecule has 4 heteroatoms. The summed E-state index contributed by atoms with van der Waals surface area (Å²) in [4.78, 5) is 15.0. The molecule has 1 aliphatic heterocycles. The molecule has 18 heavy (non-hydrogen) atoms. The topological polar surface area (TPSA) is 32.3 Å². The highest BCUT2D eigenvalue weighted by molar-refractivity contribution is 7.10. The van der Waals surface area contributed by atoms with Crippen molar-refractivity contribution in [2.75, 3.05) is 13.1 Å². The van der Waals surface area contributed by atoms with Crippen molar-refractivity contribution in [3.05, 3.63) is 21.9 Å². The zero-order valence-electron chi connectivity index (χ0n) is 11.4. The van der Waals surface area contributed by atoms with Crippen LogP contribution < -0.4 is 5.32 Å². The van der Waals surface area contributed by atoms with Crippen LogP contribution in [0.2, 0.25) is 0 Å². The summed E-state index contributed by atoms with van der Waals surface area (Å²) in [7, 11) is 0. The second-order valence-corrected chi connectivity index (χ2v) is 6.15. The van der Waals surface area contributed by atoms with Crippen molar-refractivity contribution in [1.29, 1.82) is 0 Å². The van der Waals surface area contributed by atoms with Crippen molar-refractivity contribution < 1.29 is 4.79 Å². The summed E-state index contributed by atoms with van der Waals surface area (Å²) < 4.78 is 0. The van der Waals surface area contributed by atoms with Crippen LogP contribution in [0.5, 0.6) is 0 Å². The summed E-state index contributed by atoms with van der Waals surface area (Å²) >= 11 is 1.80. The van der Waals surface area contributed by atoms with E-state index in [-0.39, 0.29) is 0 Å². The van der Waals surface area contributed by atoms with Gasteiger partial charge in [0.05, 0.1) is 0 Å². The molecule has 2 heterocycles. The highest BCUT2D eigenvalue weighted by Crippen LogP contribution is 2.24. The Balaban J connectivity index is 1.85. The monoisotopic (exact) mass is 266 g/mol. The van der Waals surface area contributed by atoms with Crippen LogP contribution in [0, 0.1) is 6.92 Å². The maximum Gasteiger partial charge on any atom is 0.222 e. The molecule has 0 bridgehead atoms. The highest BCUT2D eigenvalue weighted by atomic mass is 32.1. The number of thiophene rings is 1. The fourth-order valence-corrected chi connectivity index (χ4v) is 3.56. The van der Waals surface area contributed by atoms with E-state index in [2.05, 4.69) is 37.5 Å². The molecule has 0 aliphatic carbocycles. The van der Waals surface area contributed by atoms with Gasteiger partial charge in [0.1, 0.15) is 0 Å². The van der Waals surface area contributed by atoms with Gasteiger partial charge in [0.2, 0.25) is 5.91 Å². The second-order valence-electron chi connectivity index (χ2n) is 5.20. The van der Waals surface area contributed by atoms with Crippen LogP contribution >= 0.6 is 11.3 Å². The number of likely N-dealkylation sites (tertiary alicyclic amines) is 1. The second kappa shape index (κ2) is 5.85. The first kappa shape index (κ1) is 13.6. The molecule has 100 valence electrons. The van der Waals surface area contributed by atoms with Gasteiger partial charge in [-0.2, -0.15) is 0 Å². The van der Waals surface area contributed by atoms with E-state index < -0.39 is 0 Å². The Labute approximate surface area is 113 Å². The van der Waals surface area contributed by atoms with E-state index in [1.54, 1.807) is 11.3 Å². The van der Waals surface area contributed by atoms with Gasteiger partial charge in [-0.25, -0.2) is 0 Å². The van der Waals surface area contributed by atoms with Gasteiger partial charge in [-0.3, -0.25) is 4.79 Å². The first-order valence-corrected chi connectivity index (χ1v) is 7.53. The number of rotatable bonds is 5. The lowest BCUT2D eigenvalue weighted by atomic mass is 10.1. The number of nitrogens with one attached hydrogen (secondary N) is 1. The molecule has 1 aromatic heterocycles. The van der Waals surface area contributed by atoms with Crippen LogP contribution in [0.1, 0.15) is 43.2 Å². The summed E-state index contributed by atoms with van der Waals surface area (Å²) in [6, 6.07) is 2.86. The van der Waals surface area contributed by atoms with Crippen LogP contribution in [0.15, 0.2) is 11.4 Å². The van der Waals surface area contributed by atoms with Crippen molar-refractivity contribution in [3.8, 4) is 0 Å². The van der Waals surface area contributed by atoms with E-state index in [0.717, 1.165) is 25.9 Å². The van der Waals surface area contributed by atoms with Crippen molar-refractivity contribution >= 4 is 17.2 Å². The summed E-state index contributed by atoms with van der Waals surface area (Å²) in [6.45, 7) is 8.26. The van der Waals surface area contributed by atoms with Crippen LogP contribution in [-0.2, 0) is 4.79 Å². The smallest absolute Gasteiger partial charge is 0.222 e. The van der Waals surface area contributed by atoms with Crippen LogP contribution in [-0.4, -0.2) is 29.9 Å². The van der Waals surface area contributed by atoms with Crippen molar-refractivity contribution in [3.63, 3.8) is 0 Å². The number of amides is 1. The van der Waals surface area contributed by atoms with E-state index in [9.17, 15) is 4.79 Å². The largest absolute Gasteiger partial charge is 0.341 e. The summed E-state index contributed by atoms with van der Waals surface area (Å²) in [5.41, 5.74) is 1.35. The third-order valence-electron chi connectivity index (χ3n) is 3.50. The molecule has 3 nitrogen and oxygen atoms in total. The Morgan fingerprint density at radius 2 is 2.28 bits per heavy atom. The molecule has 2 unspecified atom stereocenters. The van der Waals surface area contributed by atoms with Crippen molar-refractivity contribution in [1.82, 2.24) is 10.2 Å². The van der Waals surface area contributed by atoms with Crippen LogP contribution in [0.4, 0.5) is 0 Å². The minimum Gasteiger partial charge on any atom is -0.341 e. The molecule has 1 fully saturated rings. The molecular weight excluding hydrogens is 244 g/mol. The Morgan fingerprint density at radius 1 is 1.50 bits per heavy atom. The molecule has 0 saturated carbocycles. The molecule has 2 rings (SSSR count). The van der Waals surface area contributed by atoms with Gasteiger partial charge in [0.15, 0.2) is 0 Å². The van der Waals surface area contributed by atoms with Crippen molar-refractivity contribution in [2.45, 2.75) is 45.7 Å². The first-order chi connectivity index (χ1) is 8.58. The summed E-state index contributed by atoms with van der Waals surface area (Å²) in [6.07, 6.45) is 1.75. The predicted molar refractivity (Wildman–Crippen MR) is 75.9 cm³/mol. The number of hydrogen-bond donors (Lipinski definition) is 1. The van der Waals surface area contributed by atoms with Crippen LogP contribution in [0.3, 0.4) is 0 Å². The number of nitrogens with zero attached hydrogens (tertiary/aromatic N) is 1. The zero-order chi connectivity index (χ0) is 13.1. The van der Waals surface area contributed by atoms with Gasteiger partial charge in [0, 0.05) is 36.5 Å². The number of carbonyl (C=O) groups is 1. The molecule has 2 atom stereocenters.